The van der Waals surface area contributed by atoms with Gasteiger partial charge in [0.25, 0.3) is 0 Å². The Balaban J connectivity index is 1.94. The molecule has 6 heteroatoms. The van der Waals surface area contributed by atoms with Crippen molar-refractivity contribution >= 4 is 28.7 Å². The Bertz CT molecular complexity index is 637. The van der Waals surface area contributed by atoms with Crippen LogP contribution in [0.3, 0.4) is 0 Å². The van der Waals surface area contributed by atoms with E-state index < -0.39 is 0 Å². The molecule has 5 nitrogen and oxygen atoms in total. The summed E-state index contributed by atoms with van der Waals surface area (Å²) >= 11 is 6.21. The van der Waals surface area contributed by atoms with Gasteiger partial charge in [-0.15, -0.1) is 0 Å². The number of fused-ring (bicyclic) bond motifs is 1. The van der Waals surface area contributed by atoms with Gasteiger partial charge in [0.1, 0.15) is 5.52 Å². The first-order valence-electron chi connectivity index (χ1n) is 7.08. The number of rotatable bonds is 2. The smallest absolute Gasteiger partial charge is 0.226 e. The van der Waals surface area contributed by atoms with Gasteiger partial charge in [-0.2, -0.15) is 9.97 Å². The molecule has 0 radical (unpaired) electrons. The number of aryl methyl sites for hydroxylation is 2. The lowest BCUT2D eigenvalue weighted by Gasteiger charge is -2.22. The Kier molecular flexibility index (Phi) is 3.70. The van der Waals surface area contributed by atoms with Crippen molar-refractivity contribution in [1.29, 1.82) is 0 Å². The first-order valence-corrected chi connectivity index (χ1v) is 7.46. The van der Waals surface area contributed by atoms with Gasteiger partial charge >= 0.3 is 0 Å². The predicted octanol–water partition coefficient (Wildman–Crippen LogP) is 3.43. The average molecular weight is 292 g/mol. The van der Waals surface area contributed by atoms with Crippen LogP contribution in [0.1, 0.15) is 43.5 Å². The fraction of sp³-hybridized carbons (Fsp3) is 0.571. The zero-order valence-corrected chi connectivity index (χ0v) is 12.5. The number of anilines is 1. The molecule has 2 heterocycles. The molecule has 0 bridgehead atoms. The molecule has 20 heavy (non-hydrogen) atoms. The molecule has 2 aromatic heterocycles. The van der Waals surface area contributed by atoms with Gasteiger partial charge < -0.3 is 5.32 Å². The Morgan fingerprint density at radius 3 is 2.40 bits per heavy atom. The van der Waals surface area contributed by atoms with E-state index in [1.54, 1.807) is 0 Å². The third kappa shape index (κ3) is 2.68. The molecule has 0 aliphatic heterocycles. The van der Waals surface area contributed by atoms with Crippen molar-refractivity contribution < 1.29 is 0 Å². The van der Waals surface area contributed by atoms with Gasteiger partial charge in [0.05, 0.1) is 11.4 Å². The maximum absolute atomic E-state index is 6.21. The molecular formula is C14H18ClN5. The van der Waals surface area contributed by atoms with Gasteiger partial charge in [0, 0.05) is 6.04 Å². The van der Waals surface area contributed by atoms with E-state index in [0.29, 0.717) is 28.3 Å². The Morgan fingerprint density at radius 1 is 0.950 bits per heavy atom. The van der Waals surface area contributed by atoms with Crippen LogP contribution in [0.25, 0.3) is 11.2 Å². The van der Waals surface area contributed by atoms with Crippen LogP contribution >= 0.6 is 11.6 Å². The second-order valence-corrected chi connectivity index (χ2v) is 5.74. The van der Waals surface area contributed by atoms with E-state index in [2.05, 4.69) is 25.3 Å². The van der Waals surface area contributed by atoms with Crippen LogP contribution < -0.4 is 5.32 Å². The topological polar surface area (TPSA) is 63.6 Å². The van der Waals surface area contributed by atoms with E-state index in [1.807, 2.05) is 13.8 Å². The maximum atomic E-state index is 6.21. The second kappa shape index (κ2) is 5.48. The van der Waals surface area contributed by atoms with E-state index in [9.17, 15) is 0 Å². The molecule has 1 saturated carbocycles. The van der Waals surface area contributed by atoms with E-state index in [1.165, 1.54) is 19.3 Å². The van der Waals surface area contributed by atoms with Crippen molar-refractivity contribution in [1.82, 2.24) is 19.9 Å². The normalized spacial score (nSPS) is 16.6. The van der Waals surface area contributed by atoms with Crippen molar-refractivity contribution in [3.8, 4) is 0 Å². The summed E-state index contributed by atoms with van der Waals surface area (Å²) in [6.07, 6.45) is 6.17. The highest BCUT2D eigenvalue weighted by Gasteiger charge is 2.16. The van der Waals surface area contributed by atoms with E-state index >= 15 is 0 Å². The number of nitrogens with zero attached hydrogens (tertiary/aromatic N) is 4. The third-order valence-corrected chi connectivity index (χ3v) is 4.10. The molecule has 0 saturated heterocycles. The van der Waals surface area contributed by atoms with Crippen LogP contribution in [0.2, 0.25) is 5.15 Å². The highest BCUT2D eigenvalue weighted by Crippen LogP contribution is 2.23. The minimum Gasteiger partial charge on any atom is -0.351 e. The zero-order valence-electron chi connectivity index (χ0n) is 11.8. The van der Waals surface area contributed by atoms with Gasteiger partial charge in [0.2, 0.25) is 5.95 Å². The number of halogens is 1. The van der Waals surface area contributed by atoms with Crippen LogP contribution in [0.15, 0.2) is 0 Å². The van der Waals surface area contributed by atoms with Crippen molar-refractivity contribution in [2.75, 3.05) is 5.32 Å². The minimum atomic E-state index is 0.365. The molecule has 1 aliphatic rings. The Hall–Kier alpha value is -1.49. The molecule has 0 unspecified atom stereocenters. The van der Waals surface area contributed by atoms with Crippen molar-refractivity contribution in [3.63, 3.8) is 0 Å². The number of aromatic nitrogens is 4. The monoisotopic (exact) mass is 291 g/mol. The summed E-state index contributed by atoms with van der Waals surface area (Å²) in [5.74, 6) is 0.562. The molecule has 0 spiro atoms. The first-order chi connectivity index (χ1) is 9.63. The van der Waals surface area contributed by atoms with E-state index in [-0.39, 0.29) is 0 Å². The SMILES string of the molecule is Cc1nc2nc(NC3CCCCC3)nc(Cl)c2nc1C. The molecule has 1 fully saturated rings. The molecule has 0 amide bonds. The van der Waals surface area contributed by atoms with Crippen molar-refractivity contribution in [2.24, 2.45) is 0 Å². The van der Waals surface area contributed by atoms with Crippen LogP contribution in [-0.4, -0.2) is 26.0 Å². The highest BCUT2D eigenvalue weighted by molar-refractivity contribution is 6.33. The summed E-state index contributed by atoms with van der Waals surface area (Å²) in [5, 5.41) is 3.74. The molecule has 1 aliphatic carbocycles. The van der Waals surface area contributed by atoms with Crippen LogP contribution in [-0.2, 0) is 0 Å². The molecule has 106 valence electrons. The average Bonchev–Trinajstić information content (AvgIpc) is 2.42. The number of hydrogen-bond acceptors (Lipinski definition) is 5. The quantitative estimate of drug-likeness (QED) is 0.859. The lowest BCUT2D eigenvalue weighted by Crippen LogP contribution is -2.23. The first kappa shape index (κ1) is 13.5. The predicted molar refractivity (Wildman–Crippen MR) is 80.1 cm³/mol. The summed E-state index contributed by atoms with van der Waals surface area (Å²) in [6.45, 7) is 3.83. The zero-order chi connectivity index (χ0) is 14.1. The third-order valence-electron chi connectivity index (χ3n) is 3.84. The molecule has 1 N–H and O–H groups in total. The fourth-order valence-electron chi connectivity index (χ4n) is 2.57. The van der Waals surface area contributed by atoms with Crippen LogP contribution in [0.4, 0.5) is 5.95 Å². The van der Waals surface area contributed by atoms with E-state index in [0.717, 1.165) is 24.2 Å². The Labute approximate surface area is 123 Å². The molecule has 0 aromatic carbocycles. The summed E-state index contributed by atoms with van der Waals surface area (Å²) < 4.78 is 0. The Morgan fingerprint density at radius 2 is 1.65 bits per heavy atom. The molecule has 3 rings (SSSR count). The van der Waals surface area contributed by atoms with Gasteiger partial charge in [0.15, 0.2) is 10.8 Å². The van der Waals surface area contributed by atoms with Crippen LogP contribution in [0, 0.1) is 13.8 Å². The summed E-state index contributed by atoms with van der Waals surface area (Å²) in [4.78, 5) is 17.6. The van der Waals surface area contributed by atoms with Crippen molar-refractivity contribution in [3.05, 3.63) is 16.5 Å². The van der Waals surface area contributed by atoms with Crippen LogP contribution in [0.5, 0.6) is 0 Å². The largest absolute Gasteiger partial charge is 0.351 e. The molecular weight excluding hydrogens is 274 g/mol. The highest BCUT2D eigenvalue weighted by atomic mass is 35.5. The van der Waals surface area contributed by atoms with Gasteiger partial charge in [-0.05, 0) is 26.7 Å². The fourth-order valence-corrected chi connectivity index (χ4v) is 2.78. The van der Waals surface area contributed by atoms with Gasteiger partial charge in [-0.25, -0.2) is 9.97 Å². The maximum Gasteiger partial charge on any atom is 0.226 e. The summed E-state index contributed by atoms with van der Waals surface area (Å²) in [6, 6.07) is 0.441. The lowest BCUT2D eigenvalue weighted by atomic mass is 9.96. The second-order valence-electron chi connectivity index (χ2n) is 5.38. The minimum absolute atomic E-state index is 0.365. The van der Waals surface area contributed by atoms with Crippen molar-refractivity contribution in [2.45, 2.75) is 52.0 Å². The standard InChI is InChI=1S/C14H18ClN5/c1-8-9(2)17-13-11(16-8)12(15)19-14(20-13)18-10-6-4-3-5-7-10/h10H,3-7H2,1-2H3,(H,17,18,19,20). The van der Waals surface area contributed by atoms with E-state index in [4.69, 9.17) is 11.6 Å². The molecule has 2 aromatic rings. The van der Waals surface area contributed by atoms with Gasteiger partial charge in [-0.1, -0.05) is 30.9 Å². The van der Waals surface area contributed by atoms with Gasteiger partial charge in [-0.3, -0.25) is 0 Å². The summed E-state index contributed by atoms with van der Waals surface area (Å²) in [7, 11) is 0. The number of hydrogen-bond donors (Lipinski definition) is 1. The lowest BCUT2D eigenvalue weighted by molar-refractivity contribution is 0.461. The molecule has 0 atom stereocenters. The summed E-state index contributed by atoms with van der Waals surface area (Å²) in [5.41, 5.74) is 2.86. The number of nitrogens with one attached hydrogen (secondary N) is 1.